The number of benzene rings is 2. The van der Waals surface area contributed by atoms with Crippen molar-refractivity contribution in [1.29, 1.82) is 0 Å². The van der Waals surface area contributed by atoms with Crippen molar-refractivity contribution in [2.45, 2.75) is 39.2 Å². The summed E-state index contributed by atoms with van der Waals surface area (Å²) in [5.74, 6) is 0.405. The quantitative estimate of drug-likeness (QED) is 0.788. The summed E-state index contributed by atoms with van der Waals surface area (Å²) in [4.78, 5) is 11.3. The molecule has 1 atom stereocenters. The molecule has 2 aromatic rings. The predicted octanol–water partition coefficient (Wildman–Crippen LogP) is 5.07. The van der Waals surface area contributed by atoms with Gasteiger partial charge in [0, 0.05) is 18.4 Å². The smallest absolute Gasteiger partial charge is 0.159 e. The van der Waals surface area contributed by atoms with Gasteiger partial charge in [-0.1, -0.05) is 30.3 Å². The lowest BCUT2D eigenvalue weighted by Gasteiger charge is -2.20. The number of rotatable bonds is 6. The number of allylic oxidation sites excluding steroid dienone is 2. The molecule has 0 amide bonds. The molecule has 0 saturated heterocycles. The first-order valence-corrected chi connectivity index (χ1v) is 8.92. The fourth-order valence-electron chi connectivity index (χ4n) is 3.22. The van der Waals surface area contributed by atoms with E-state index in [9.17, 15) is 14.3 Å². The van der Waals surface area contributed by atoms with Crippen LogP contribution in [0.15, 0.2) is 54.3 Å². The average Bonchev–Trinajstić information content (AvgIpc) is 2.62. The van der Waals surface area contributed by atoms with Crippen LogP contribution in [0.3, 0.4) is 0 Å². The third-order valence-corrected chi connectivity index (χ3v) is 4.81. The molecule has 1 N–H and O–H groups in total. The minimum atomic E-state index is -0.259. The number of carbonyl (C=O) groups is 1. The molecule has 4 heteroatoms. The zero-order valence-electron chi connectivity index (χ0n) is 14.9. The van der Waals surface area contributed by atoms with E-state index in [4.69, 9.17) is 4.74 Å². The van der Waals surface area contributed by atoms with Gasteiger partial charge in [-0.15, -0.1) is 0 Å². The molecule has 3 rings (SSSR count). The second-order valence-electron chi connectivity index (χ2n) is 6.79. The highest BCUT2D eigenvalue weighted by molar-refractivity contribution is 5.90. The minimum absolute atomic E-state index is 0.0446. The van der Waals surface area contributed by atoms with Gasteiger partial charge in [0.25, 0.3) is 0 Å². The highest BCUT2D eigenvalue weighted by Crippen LogP contribution is 2.29. The van der Waals surface area contributed by atoms with E-state index in [0.717, 1.165) is 11.1 Å². The lowest BCUT2D eigenvalue weighted by atomic mass is 9.88. The minimum Gasteiger partial charge on any atom is -0.512 e. The van der Waals surface area contributed by atoms with E-state index >= 15 is 0 Å². The van der Waals surface area contributed by atoms with Crippen molar-refractivity contribution in [3.05, 3.63) is 76.8 Å². The molecule has 0 bridgehead atoms. The Morgan fingerprint density at radius 2 is 2.00 bits per heavy atom. The van der Waals surface area contributed by atoms with E-state index in [1.165, 1.54) is 12.1 Å². The van der Waals surface area contributed by atoms with Crippen LogP contribution in [0.25, 0.3) is 0 Å². The van der Waals surface area contributed by atoms with Gasteiger partial charge in [-0.2, -0.15) is 0 Å². The second kappa shape index (κ2) is 8.17. The van der Waals surface area contributed by atoms with E-state index in [1.54, 1.807) is 6.07 Å². The maximum Gasteiger partial charge on any atom is 0.159 e. The summed E-state index contributed by atoms with van der Waals surface area (Å²) in [6.07, 6.45) is 3.45. The standard InChI is InChI=1S/C22H23FO3/c1-15-11-20(23)18(8-7-17-9-10-19(24)13-21(17)25)12-22(15)26-14-16-5-3-2-4-6-16/h2-6,11-13,17,25H,7-10,14H2,1H3. The maximum atomic E-state index is 14.3. The van der Waals surface area contributed by atoms with Crippen molar-refractivity contribution in [3.63, 3.8) is 0 Å². The fraction of sp³-hybridized carbons (Fsp3) is 0.318. The molecule has 0 aromatic heterocycles. The van der Waals surface area contributed by atoms with Crippen LogP contribution in [0.5, 0.6) is 5.75 Å². The third kappa shape index (κ3) is 4.51. The average molecular weight is 354 g/mol. The monoisotopic (exact) mass is 354 g/mol. The van der Waals surface area contributed by atoms with Gasteiger partial charge in [0.1, 0.15) is 18.2 Å². The van der Waals surface area contributed by atoms with Crippen LogP contribution in [-0.4, -0.2) is 10.9 Å². The molecule has 1 unspecified atom stereocenters. The van der Waals surface area contributed by atoms with E-state index in [-0.39, 0.29) is 23.3 Å². The van der Waals surface area contributed by atoms with Gasteiger partial charge in [-0.25, -0.2) is 4.39 Å². The van der Waals surface area contributed by atoms with E-state index in [1.807, 2.05) is 37.3 Å². The predicted molar refractivity (Wildman–Crippen MR) is 98.7 cm³/mol. The fourth-order valence-corrected chi connectivity index (χ4v) is 3.22. The molecule has 1 aliphatic carbocycles. The van der Waals surface area contributed by atoms with Crippen LogP contribution in [0.4, 0.5) is 4.39 Å². The molecule has 26 heavy (non-hydrogen) atoms. The zero-order chi connectivity index (χ0) is 18.5. The van der Waals surface area contributed by atoms with Crippen LogP contribution in [0.1, 0.15) is 36.0 Å². The molecule has 1 aliphatic rings. The molecular formula is C22H23FO3. The lowest BCUT2D eigenvalue weighted by Crippen LogP contribution is -2.15. The van der Waals surface area contributed by atoms with E-state index in [0.29, 0.717) is 43.6 Å². The van der Waals surface area contributed by atoms with Crippen molar-refractivity contribution in [2.75, 3.05) is 0 Å². The molecule has 0 radical (unpaired) electrons. The number of hydrogen-bond donors (Lipinski definition) is 1. The first kappa shape index (κ1) is 18.2. The number of aryl methyl sites for hydroxylation is 2. The summed E-state index contributed by atoms with van der Waals surface area (Å²) in [6, 6.07) is 13.1. The van der Waals surface area contributed by atoms with Crippen LogP contribution in [0.2, 0.25) is 0 Å². The van der Waals surface area contributed by atoms with Crippen LogP contribution in [-0.2, 0) is 17.8 Å². The number of ketones is 1. The Hall–Kier alpha value is -2.62. The van der Waals surface area contributed by atoms with E-state index in [2.05, 4.69) is 0 Å². The summed E-state index contributed by atoms with van der Waals surface area (Å²) >= 11 is 0. The number of ether oxygens (including phenoxy) is 1. The summed E-state index contributed by atoms with van der Waals surface area (Å²) in [7, 11) is 0. The summed E-state index contributed by atoms with van der Waals surface area (Å²) in [5, 5.41) is 9.92. The highest BCUT2D eigenvalue weighted by atomic mass is 19.1. The van der Waals surface area contributed by atoms with Crippen LogP contribution < -0.4 is 4.74 Å². The Morgan fingerprint density at radius 1 is 1.23 bits per heavy atom. The first-order chi connectivity index (χ1) is 12.5. The van der Waals surface area contributed by atoms with Crippen molar-refractivity contribution < 1.29 is 19.0 Å². The number of carbonyl (C=O) groups excluding carboxylic acids is 1. The molecule has 0 heterocycles. The topological polar surface area (TPSA) is 46.5 Å². The summed E-state index contributed by atoms with van der Waals surface area (Å²) in [6.45, 7) is 2.26. The maximum absolute atomic E-state index is 14.3. The summed E-state index contributed by atoms with van der Waals surface area (Å²) in [5.41, 5.74) is 2.39. The zero-order valence-corrected chi connectivity index (χ0v) is 14.9. The van der Waals surface area contributed by atoms with Gasteiger partial charge in [0.2, 0.25) is 0 Å². The molecule has 136 valence electrons. The largest absolute Gasteiger partial charge is 0.512 e. The molecule has 2 aromatic carbocycles. The molecular weight excluding hydrogens is 331 g/mol. The first-order valence-electron chi connectivity index (χ1n) is 8.92. The number of hydrogen-bond acceptors (Lipinski definition) is 3. The SMILES string of the molecule is Cc1cc(F)c(CCC2CCC(=O)C=C2O)cc1OCc1ccccc1. The molecule has 0 saturated carbocycles. The summed E-state index contributed by atoms with van der Waals surface area (Å²) < 4.78 is 20.2. The molecule has 0 aliphatic heterocycles. The normalized spacial score (nSPS) is 17.1. The van der Waals surface area contributed by atoms with Gasteiger partial charge in [0.15, 0.2) is 5.78 Å². The number of aliphatic hydroxyl groups excluding tert-OH is 1. The Kier molecular flexibility index (Phi) is 5.71. The van der Waals surface area contributed by atoms with Gasteiger partial charge in [0.05, 0.1) is 5.76 Å². The second-order valence-corrected chi connectivity index (χ2v) is 6.79. The Balaban J connectivity index is 1.67. The third-order valence-electron chi connectivity index (χ3n) is 4.81. The van der Waals surface area contributed by atoms with E-state index < -0.39 is 0 Å². The Labute approximate surface area is 153 Å². The Morgan fingerprint density at radius 3 is 2.73 bits per heavy atom. The van der Waals surface area contributed by atoms with Crippen LogP contribution >= 0.6 is 0 Å². The van der Waals surface area contributed by atoms with Crippen molar-refractivity contribution in [1.82, 2.24) is 0 Å². The Bertz CT molecular complexity index is 812. The van der Waals surface area contributed by atoms with Crippen LogP contribution in [0, 0.1) is 18.7 Å². The molecule has 3 nitrogen and oxygen atoms in total. The number of aliphatic hydroxyl groups is 1. The number of halogens is 1. The van der Waals surface area contributed by atoms with Crippen molar-refractivity contribution >= 4 is 5.78 Å². The highest BCUT2D eigenvalue weighted by Gasteiger charge is 2.21. The van der Waals surface area contributed by atoms with Crippen molar-refractivity contribution in [2.24, 2.45) is 5.92 Å². The van der Waals surface area contributed by atoms with Gasteiger partial charge in [-0.05, 0) is 55.0 Å². The molecule has 0 fully saturated rings. The van der Waals surface area contributed by atoms with Crippen molar-refractivity contribution in [3.8, 4) is 5.75 Å². The lowest BCUT2D eigenvalue weighted by molar-refractivity contribution is -0.115. The van der Waals surface area contributed by atoms with Gasteiger partial charge >= 0.3 is 0 Å². The molecule has 0 spiro atoms. The van der Waals surface area contributed by atoms with Gasteiger partial charge < -0.3 is 9.84 Å². The van der Waals surface area contributed by atoms with Gasteiger partial charge in [-0.3, -0.25) is 4.79 Å².